The molecule has 1 aromatic rings. The molecule has 4 fully saturated rings. The van der Waals surface area contributed by atoms with Crippen molar-refractivity contribution in [1.29, 1.82) is 0 Å². The van der Waals surface area contributed by atoms with E-state index in [1.165, 1.54) is 19.3 Å². The summed E-state index contributed by atoms with van der Waals surface area (Å²) in [5, 5.41) is 35.5. The summed E-state index contributed by atoms with van der Waals surface area (Å²) in [6, 6.07) is 3.14. The van der Waals surface area contributed by atoms with Gasteiger partial charge in [-0.15, -0.1) is 0 Å². The normalized spacial score (nSPS) is 50.8. The molecule has 8 nitrogen and oxygen atoms in total. The standard InChI is InChI=1S/C26H32O8/c1-13(27)33-18-11-25(30)19(24(3)16(18)10-17(28)21-22(24)34-21)7-8-23(2)15(6-9-26(23,25)31)14-4-5-20(29)32-12-14/h4-5,10,12,15,17-19,21-22,28,30-31H,6-9,11H2,1-3H3/t15-,17+,18+,19-,21-,22+,23-,24+,25+,26+/m1/s1. The Morgan fingerprint density at radius 2 is 1.94 bits per heavy atom. The number of carbonyl (C=O) groups excluding carboxylic acids is 1. The molecule has 0 bridgehead atoms. The van der Waals surface area contributed by atoms with Crippen LogP contribution in [-0.4, -0.2) is 56.9 Å². The molecular weight excluding hydrogens is 440 g/mol. The molecule has 2 heterocycles. The van der Waals surface area contributed by atoms with Crippen LogP contribution in [0.3, 0.4) is 0 Å². The first kappa shape index (κ1) is 22.5. The van der Waals surface area contributed by atoms with Gasteiger partial charge >= 0.3 is 11.6 Å². The van der Waals surface area contributed by atoms with E-state index in [0.717, 1.165) is 11.1 Å². The second-order valence-electron chi connectivity index (χ2n) is 11.5. The molecule has 6 rings (SSSR count). The average Bonchev–Trinajstić information content (AvgIpc) is 3.53. The topological polar surface area (TPSA) is 130 Å². The van der Waals surface area contributed by atoms with Crippen LogP contribution in [0.1, 0.15) is 64.4 Å². The second-order valence-corrected chi connectivity index (χ2v) is 11.5. The molecule has 1 aromatic heterocycles. The van der Waals surface area contributed by atoms with Crippen molar-refractivity contribution in [3.8, 4) is 0 Å². The van der Waals surface area contributed by atoms with Gasteiger partial charge in [0.1, 0.15) is 23.9 Å². The smallest absolute Gasteiger partial charge is 0.335 e. The summed E-state index contributed by atoms with van der Waals surface area (Å²) in [5.74, 6) is -0.897. The Labute approximate surface area is 197 Å². The minimum absolute atomic E-state index is 0.0610. The monoisotopic (exact) mass is 472 g/mol. The lowest BCUT2D eigenvalue weighted by Gasteiger charge is -2.66. The Morgan fingerprint density at radius 1 is 1.18 bits per heavy atom. The highest BCUT2D eigenvalue weighted by Gasteiger charge is 2.78. The average molecular weight is 473 g/mol. The van der Waals surface area contributed by atoms with Crippen molar-refractivity contribution in [2.24, 2.45) is 16.7 Å². The molecule has 5 aliphatic rings. The molecule has 0 amide bonds. The van der Waals surface area contributed by atoms with E-state index in [4.69, 9.17) is 13.9 Å². The molecule has 0 aromatic carbocycles. The number of aliphatic hydroxyl groups excluding tert-OH is 1. The fraction of sp³-hybridized carbons (Fsp3) is 0.692. The van der Waals surface area contributed by atoms with Crippen LogP contribution < -0.4 is 5.63 Å². The van der Waals surface area contributed by atoms with Crippen LogP contribution >= 0.6 is 0 Å². The number of hydrogen-bond donors (Lipinski definition) is 3. The van der Waals surface area contributed by atoms with Gasteiger partial charge in [-0.3, -0.25) is 4.79 Å². The molecule has 1 aliphatic heterocycles. The number of esters is 1. The number of aliphatic hydroxyl groups is 3. The SMILES string of the molecule is CC(=O)O[C@H]1C[C@]2(O)[C@H](CC[C@]3(C)[C@@H](c4ccc(=O)oc4)CC[C@]32O)[C@]2(C)C1=C[C@H](O)[C@H]1O[C@@H]12. The molecule has 3 N–H and O–H groups in total. The minimum atomic E-state index is -1.53. The van der Waals surface area contributed by atoms with Crippen molar-refractivity contribution in [3.63, 3.8) is 0 Å². The molecular formula is C26H32O8. The van der Waals surface area contributed by atoms with Crippen LogP contribution in [0, 0.1) is 16.7 Å². The number of epoxide rings is 1. The van der Waals surface area contributed by atoms with E-state index in [0.29, 0.717) is 25.7 Å². The zero-order chi connectivity index (χ0) is 24.3. The van der Waals surface area contributed by atoms with Gasteiger partial charge in [0, 0.05) is 36.2 Å². The molecule has 0 spiro atoms. The Morgan fingerprint density at radius 3 is 2.62 bits per heavy atom. The third kappa shape index (κ3) is 2.57. The predicted octanol–water partition coefficient (Wildman–Crippen LogP) is 1.81. The third-order valence-corrected chi connectivity index (χ3v) is 10.2. The van der Waals surface area contributed by atoms with Crippen molar-refractivity contribution in [1.82, 2.24) is 0 Å². The number of ether oxygens (including phenoxy) is 2. The fourth-order valence-corrected chi connectivity index (χ4v) is 8.56. The van der Waals surface area contributed by atoms with E-state index in [2.05, 4.69) is 0 Å². The largest absolute Gasteiger partial charge is 0.458 e. The molecule has 1 saturated heterocycles. The lowest BCUT2D eigenvalue weighted by atomic mass is 9.42. The summed E-state index contributed by atoms with van der Waals surface area (Å²) < 4.78 is 16.7. The van der Waals surface area contributed by atoms with Gasteiger partial charge in [-0.1, -0.05) is 13.8 Å². The molecule has 0 unspecified atom stereocenters. The van der Waals surface area contributed by atoms with E-state index in [1.807, 2.05) is 13.8 Å². The molecule has 34 heavy (non-hydrogen) atoms. The van der Waals surface area contributed by atoms with E-state index < -0.39 is 45.8 Å². The van der Waals surface area contributed by atoms with Crippen molar-refractivity contribution in [2.45, 2.75) is 94.4 Å². The summed E-state index contributed by atoms with van der Waals surface area (Å²) in [4.78, 5) is 23.6. The number of hydrogen-bond acceptors (Lipinski definition) is 8. The van der Waals surface area contributed by atoms with Crippen LogP contribution in [0.5, 0.6) is 0 Å². The molecule has 0 radical (unpaired) electrons. The molecule has 184 valence electrons. The maximum absolute atomic E-state index is 12.5. The summed E-state index contributed by atoms with van der Waals surface area (Å²) in [6.07, 6.45) is 3.40. The van der Waals surface area contributed by atoms with Gasteiger partial charge in [0.2, 0.25) is 0 Å². The number of fused-ring (bicyclic) bond motifs is 7. The van der Waals surface area contributed by atoms with Crippen molar-refractivity contribution < 1.29 is 34.0 Å². The molecule has 3 saturated carbocycles. The zero-order valence-corrected chi connectivity index (χ0v) is 19.7. The highest BCUT2D eigenvalue weighted by atomic mass is 16.6. The first-order valence-corrected chi connectivity index (χ1v) is 12.2. The van der Waals surface area contributed by atoms with Gasteiger partial charge in [0.05, 0.1) is 18.0 Å². The lowest BCUT2D eigenvalue weighted by molar-refractivity contribution is -0.285. The lowest BCUT2D eigenvalue weighted by Crippen LogP contribution is -2.74. The van der Waals surface area contributed by atoms with Gasteiger partial charge in [0.15, 0.2) is 0 Å². The third-order valence-electron chi connectivity index (χ3n) is 10.2. The van der Waals surface area contributed by atoms with E-state index in [9.17, 15) is 24.9 Å². The van der Waals surface area contributed by atoms with Gasteiger partial charge in [-0.25, -0.2) is 4.79 Å². The van der Waals surface area contributed by atoms with Crippen LogP contribution in [0.2, 0.25) is 0 Å². The Bertz CT molecular complexity index is 1120. The summed E-state index contributed by atoms with van der Waals surface area (Å²) >= 11 is 0. The molecule has 4 aliphatic carbocycles. The highest BCUT2D eigenvalue weighted by Crippen LogP contribution is 2.73. The first-order valence-electron chi connectivity index (χ1n) is 12.2. The van der Waals surface area contributed by atoms with Gasteiger partial charge in [0.25, 0.3) is 0 Å². The van der Waals surface area contributed by atoms with Crippen LogP contribution in [0.4, 0.5) is 0 Å². The maximum Gasteiger partial charge on any atom is 0.335 e. The number of carbonyl (C=O) groups is 1. The van der Waals surface area contributed by atoms with Crippen molar-refractivity contribution >= 4 is 5.97 Å². The van der Waals surface area contributed by atoms with Gasteiger partial charge in [-0.2, -0.15) is 0 Å². The van der Waals surface area contributed by atoms with Crippen molar-refractivity contribution in [2.75, 3.05) is 0 Å². The minimum Gasteiger partial charge on any atom is -0.458 e. The molecule has 10 atom stereocenters. The van der Waals surface area contributed by atoms with E-state index >= 15 is 0 Å². The first-order chi connectivity index (χ1) is 16.0. The summed E-state index contributed by atoms with van der Waals surface area (Å²) in [7, 11) is 0. The molecule has 8 heteroatoms. The van der Waals surface area contributed by atoms with Crippen LogP contribution in [0.15, 0.2) is 39.3 Å². The maximum atomic E-state index is 12.5. The predicted molar refractivity (Wildman–Crippen MR) is 119 cm³/mol. The van der Waals surface area contributed by atoms with Gasteiger partial charge in [-0.05, 0) is 54.9 Å². The van der Waals surface area contributed by atoms with Gasteiger partial charge < -0.3 is 29.2 Å². The van der Waals surface area contributed by atoms with Crippen LogP contribution in [0.25, 0.3) is 0 Å². The number of rotatable bonds is 2. The van der Waals surface area contributed by atoms with E-state index in [-0.39, 0.29) is 30.5 Å². The van der Waals surface area contributed by atoms with Crippen molar-refractivity contribution in [3.05, 3.63) is 46.0 Å². The summed E-state index contributed by atoms with van der Waals surface area (Å²) in [6.45, 7) is 5.36. The fourth-order valence-electron chi connectivity index (χ4n) is 8.56. The highest BCUT2D eigenvalue weighted by molar-refractivity contribution is 5.67. The Kier molecular flexibility index (Phi) is 4.50. The Balaban J connectivity index is 1.46. The zero-order valence-electron chi connectivity index (χ0n) is 19.7. The quantitative estimate of drug-likeness (QED) is 0.338. The van der Waals surface area contributed by atoms with Crippen LogP contribution in [-0.2, 0) is 14.3 Å². The summed E-state index contributed by atoms with van der Waals surface area (Å²) in [5.41, 5.74) is -3.13. The van der Waals surface area contributed by atoms with E-state index in [1.54, 1.807) is 12.1 Å². The Hall–Kier alpha value is -2.00. The second kappa shape index (κ2) is 6.81.